The van der Waals surface area contributed by atoms with Gasteiger partial charge in [0.05, 0.1) is 25.0 Å². The van der Waals surface area contributed by atoms with Gasteiger partial charge in [0.1, 0.15) is 10.2 Å². The summed E-state index contributed by atoms with van der Waals surface area (Å²) in [5, 5.41) is 7.33. The van der Waals surface area contributed by atoms with E-state index in [0.29, 0.717) is 16.7 Å². The standard InChI is InChI=1S/C16H21BrN4O2/c1-20(2)14(11-5-7-12(23-4)8-6-11)10-18-13-9-19-21(3)16(22)15(13)17/h5-9,14,18H,10H2,1-4H3. The number of hydrogen-bond acceptors (Lipinski definition) is 5. The van der Waals surface area contributed by atoms with Crippen LogP contribution in [0.2, 0.25) is 0 Å². The van der Waals surface area contributed by atoms with Crippen molar-refractivity contribution in [3.05, 3.63) is 50.9 Å². The SMILES string of the molecule is COc1ccc(C(CNc2cnn(C)c(=O)c2Br)N(C)C)cc1. The number of ether oxygens (including phenoxy) is 1. The van der Waals surface area contributed by atoms with Crippen LogP contribution in [-0.4, -0.2) is 42.4 Å². The van der Waals surface area contributed by atoms with E-state index < -0.39 is 0 Å². The van der Waals surface area contributed by atoms with E-state index in [1.165, 1.54) is 4.68 Å². The number of anilines is 1. The quantitative estimate of drug-likeness (QED) is 0.832. The molecule has 1 unspecified atom stereocenters. The first-order valence-electron chi connectivity index (χ1n) is 7.20. The number of likely N-dealkylation sites (N-methyl/N-ethyl adjacent to an activating group) is 1. The Balaban J connectivity index is 2.17. The highest BCUT2D eigenvalue weighted by atomic mass is 79.9. The average Bonchev–Trinajstić information content (AvgIpc) is 2.55. The van der Waals surface area contributed by atoms with Gasteiger partial charge in [-0.2, -0.15) is 5.10 Å². The monoisotopic (exact) mass is 380 g/mol. The summed E-state index contributed by atoms with van der Waals surface area (Å²) in [6, 6.07) is 8.13. The van der Waals surface area contributed by atoms with Crippen LogP contribution < -0.4 is 15.6 Å². The van der Waals surface area contributed by atoms with E-state index in [-0.39, 0.29) is 11.6 Å². The Morgan fingerprint density at radius 2 is 2.00 bits per heavy atom. The Hall–Kier alpha value is -1.86. The second kappa shape index (κ2) is 7.61. The van der Waals surface area contributed by atoms with Crippen LogP contribution in [0.4, 0.5) is 5.69 Å². The minimum absolute atomic E-state index is 0.150. The number of aromatic nitrogens is 2. The third kappa shape index (κ3) is 4.11. The summed E-state index contributed by atoms with van der Waals surface area (Å²) in [6.45, 7) is 0.646. The van der Waals surface area contributed by atoms with E-state index in [9.17, 15) is 4.79 Å². The maximum atomic E-state index is 11.9. The molecule has 0 aliphatic rings. The Bertz CT molecular complexity index is 713. The Kier molecular flexibility index (Phi) is 5.79. The van der Waals surface area contributed by atoms with Gasteiger partial charge in [-0.05, 0) is 47.7 Å². The molecular formula is C16H21BrN4O2. The minimum Gasteiger partial charge on any atom is -0.497 e. The molecule has 1 aromatic carbocycles. The molecule has 23 heavy (non-hydrogen) atoms. The van der Waals surface area contributed by atoms with Crippen molar-refractivity contribution in [3.63, 3.8) is 0 Å². The van der Waals surface area contributed by atoms with Gasteiger partial charge in [0.15, 0.2) is 0 Å². The number of benzene rings is 1. The lowest BCUT2D eigenvalue weighted by Crippen LogP contribution is -2.28. The van der Waals surface area contributed by atoms with Gasteiger partial charge in [-0.25, -0.2) is 4.68 Å². The predicted octanol–water partition coefficient (Wildman–Crippen LogP) is 2.27. The van der Waals surface area contributed by atoms with Crippen molar-refractivity contribution < 1.29 is 4.74 Å². The van der Waals surface area contributed by atoms with Gasteiger partial charge in [-0.1, -0.05) is 12.1 Å². The van der Waals surface area contributed by atoms with Gasteiger partial charge >= 0.3 is 0 Å². The maximum Gasteiger partial charge on any atom is 0.282 e. The summed E-state index contributed by atoms with van der Waals surface area (Å²) < 4.78 is 6.98. The zero-order valence-corrected chi connectivity index (χ0v) is 15.3. The van der Waals surface area contributed by atoms with Gasteiger partial charge in [0.2, 0.25) is 0 Å². The molecule has 0 saturated heterocycles. The zero-order valence-electron chi connectivity index (χ0n) is 13.7. The van der Waals surface area contributed by atoms with Crippen molar-refractivity contribution >= 4 is 21.6 Å². The number of rotatable bonds is 6. The topological polar surface area (TPSA) is 59.4 Å². The van der Waals surface area contributed by atoms with Crippen LogP contribution in [0.1, 0.15) is 11.6 Å². The highest BCUT2D eigenvalue weighted by Gasteiger charge is 2.15. The van der Waals surface area contributed by atoms with Crippen LogP contribution in [0.3, 0.4) is 0 Å². The molecule has 0 spiro atoms. The third-order valence-corrected chi connectivity index (χ3v) is 4.45. The first-order chi connectivity index (χ1) is 10.9. The van der Waals surface area contributed by atoms with Crippen LogP contribution in [0.25, 0.3) is 0 Å². The van der Waals surface area contributed by atoms with Crippen LogP contribution in [0.5, 0.6) is 5.75 Å². The summed E-state index contributed by atoms with van der Waals surface area (Å²) in [4.78, 5) is 14.0. The largest absolute Gasteiger partial charge is 0.497 e. The van der Waals surface area contributed by atoms with Gasteiger partial charge in [0.25, 0.3) is 5.56 Å². The molecule has 1 heterocycles. The Morgan fingerprint density at radius 3 is 2.57 bits per heavy atom. The van der Waals surface area contributed by atoms with E-state index in [4.69, 9.17) is 4.74 Å². The molecule has 1 atom stereocenters. The van der Waals surface area contributed by atoms with E-state index in [2.05, 4.69) is 31.2 Å². The predicted molar refractivity (Wildman–Crippen MR) is 95.1 cm³/mol. The highest BCUT2D eigenvalue weighted by Crippen LogP contribution is 2.23. The number of nitrogens with zero attached hydrogens (tertiary/aromatic N) is 3. The molecule has 0 bridgehead atoms. The first kappa shape index (κ1) is 17.5. The van der Waals surface area contributed by atoms with Crippen LogP contribution in [0, 0.1) is 0 Å². The van der Waals surface area contributed by atoms with Crippen LogP contribution in [0.15, 0.2) is 39.7 Å². The molecule has 0 aliphatic heterocycles. The van der Waals surface area contributed by atoms with E-state index in [1.54, 1.807) is 20.4 Å². The van der Waals surface area contributed by atoms with E-state index in [0.717, 1.165) is 11.3 Å². The first-order valence-corrected chi connectivity index (χ1v) is 7.99. The fourth-order valence-corrected chi connectivity index (χ4v) is 2.76. The van der Waals surface area contributed by atoms with Gasteiger partial charge in [-0.3, -0.25) is 4.79 Å². The number of methoxy groups -OCH3 is 1. The second-order valence-corrected chi connectivity index (χ2v) is 6.23. The van der Waals surface area contributed by atoms with Crippen molar-refractivity contribution in [2.45, 2.75) is 6.04 Å². The van der Waals surface area contributed by atoms with Crippen molar-refractivity contribution in [2.75, 3.05) is 33.1 Å². The minimum atomic E-state index is -0.166. The summed E-state index contributed by atoms with van der Waals surface area (Å²) in [5.41, 5.74) is 1.69. The van der Waals surface area contributed by atoms with Gasteiger partial charge in [-0.15, -0.1) is 0 Å². The molecule has 1 aromatic heterocycles. The maximum absolute atomic E-state index is 11.9. The summed E-state index contributed by atoms with van der Waals surface area (Å²) in [5.74, 6) is 0.831. The molecule has 2 aromatic rings. The molecule has 1 N–H and O–H groups in total. The van der Waals surface area contributed by atoms with Crippen molar-refractivity contribution in [1.82, 2.24) is 14.7 Å². The van der Waals surface area contributed by atoms with Gasteiger partial charge < -0.3 is 15.0 Å². The summed E-state index contributed by atoms with van der Waals surface area (Å²) in [7, 11) is 7.32. The number of aryl methyl sites for hydroxylation is 1. The molecule has 0 saturated carbocycles. The Labute approximate surface area is 144 Å². The lowest BCUT2D eigenvalue weighted by molar-refractivity contribution is 0.311. The van der Waals surface area contributed by atoms with Crippen LogP contribution in [-0.2, 0) is 7.05 Å². The van der Waals surface area contributed by atoms with Crippen LogP contribution >= 0.6 is 15.9 Å². The molecular weight excluding hydrogens is 360 g/mol. The molecule has 0 amide bonds. The summed E-state index contributed by atoms with van der Waals surface area (Å²) >= 11 is 3.33. The van der Waals surface area contributed by atoms with E-state index >= 15 is 0 Å². The fraction of sp³-hybridized carbons (Fsp3) is 0.375. The molecule has 0 radical (unpaired) electrons. The lowest BCUT2D eigenvalue weighted by Gasteiger charge is -2.26. The molecule has 124 valence electrons. The lowest BCUT2D eigenvalue weighted by atomic mass is 10.1. The smallest absolute Gasteiger partial charge is 0.282 e. The van der Waals surface area contributed by atoms with Crippen molar-refractivity contribution in [1.29, 1.82) is 0 Å². The molecule has 2 rings (SSSR count). The third-order valence-electron chi connectivity index (χ3n) is 3.69. The van der Waals surface area contributed by atoms with E-state index in [1.807, 2.05) is 38.4 Å². The number of nitrogens with one attached hydrogen (secondary N) is 1. The van der Waals surface area contributed by atoms with Gasteiger partial charge in [0, 0.05) is 13.6 Å². The molecule has 0 fully saturated rings. The average molecular weight is 381 g/mol. The normalized spacial score (nSPS) is 12.3. The highest BCUT2D eigenvalue weighted by molar-refractivity contribution is 9.10. The molecule has 0 aliphatic carbocycles. The molecule has 6 nitrogen and oxygen atoms in total. The zero-order chi connectivity index (χ0) is 17.0. The second-order valence-electron chi connectivity index (χ2n) is 5.43. The fourth-order valence-electron chi connectivity index (χ4n) is 2.27. The number of hydrogen-bond donors (Lipinski definition) is 1. The summed E-state index contributed by atoms with van der Waals surface area (Å²) in [6.07, 6.45) is 1.65. The van der Waals surface area contributed by atoms with Crippen molar-refractivity contribution in [3.8, 4) is 5.75 Å². The van der Waals surface area contributed by atoms with Crippen molar-refractivity contribution in [2.24, 2.45) is 7.05 Å². The molecule has 7 heteroatoms. The Morgan fingerprint density at radius 1 is 1.35 bits per heavy atom. The number of halogens is 1.